The maximum absolute atomic E-state index is 5.93. The molecule has 0 aromatic heterocycles. The zero-order valence-electron chi connectivity index (χ0n) is 19.7. The van der Waals surface area contributed by atoms with Crippen molar-refractivity contribution in [1.82, 2.24) is 0 Å². The molecule has 0 aliphatic heterocycles. The first kappa shape index (κ1) is 25.9. The van der Waals surface area contributed by atoms with Gasteiger partial charge in [-0.25, -0.2) is 0 Å². The van der Waals surface area contributed by atoms with Crippen molar-refractivity contribution >= 4 is 29.1 Å². The Bertz CT molecular complexity index is 778. The van der Waals surface area contributed by atoms with Crippen LogP contribution in [0.4, 0.5) is 0 Å². The normalized spacial score (nSPS) is 11.5. The molecule has 3 rings (SSSR count). The van der Waals surface area contributed by atoms with Crippen LogP contribution in [0.15, 0.2) is 91.0 Å². The van der Waals surface area contributed by atoms with Crippen molar-refractivity contribution in [3.63, 3.8) is 0 Å². The fourth-order valence-corrected chi connectivity index (χ4v) is 18.0. The van der Waals surface area contributed by atoms with Crippen molar-refractivity contribution < 1.29 is 18.9 Å². The summed E-state index contributed by atoms with van der Waals surface area (Å²) >= 11 is -3.15. The van der Waals surface area contributed by atoms with E-state index < -0.39 is 18.4 Å². The zero-order valence-corrected chi connectivity index (χ0v) is 22.5. The molecule has 5 heteroatoms. The van der Waals surface area contributed by atoms with E-state index in [4.69, 9.17) is 18.9 Å². The number of hydrogen-bond acceptors (Lipinski definition) is 4. The molecule has 176 valence electrons. The number of ether oxygens (including phenoxy) is 4. The summed E-state index contributed by atoms with van der Waals surface area (Å²) < 4.78 is 27.6. The van der Waals surface area contributed by atoms with E-state index in [1.165, 1.54) is 15.2 Å². The third-order valence-corrected chi connectivity index (χ3v) is 20.3. The molecule has 0 heterocycles. The van der Waals surface area contributed by atoms with Gasteiger partial charge in [-0.15, -0.1) is 0 Å². The predicted molar refractivity (Wildman–Crippen MR) is 138 cm³/mol. The molecule has 0 amide bonds. The van der Waals surface area contributed by atoms with Gasteiger partial charge in [0.1, 0.15) is 0 Å². The second-order valence-electron chi connectivity index (χ2n) is 7.94. The fraction of sp³-hybridized carbons (Fsp3) is 0.357. The molecule has 0 saturated heterocycles. The fourth-order valence-electron chi connectivity index (χ4n) is 4.22. The second-order valence-corrected chi connectivity index (χ2v) is 19.5. The molecular formula is C28H36O4Sn. The molecule has 0 spiro atoms. The van der Waals surface area contributed by atoms with Gasteiger partial charge in [-0.1, -0.05) is 0 Å². The Balaban J connectivity index is 1.59. The predicted octanol–water partition coefficient (Wildman–Crippen LogP) is 3.24. The summed E-state index contributed by atoms with van der Waals surface area (Å²) in [7, 11) is 1.67. The summed E-state index contributed by atoms with van der Waals surface area (Å²) in [4.78, 5) is 0. The zero-order chi connectivity index (χ0) is 23.0. The molecule has 0 aliphatic rings. The third-order valence-electron chi connectivity index (χ3n) is 5.82. The average molecular weight is 555 g/mol. The topological polar surface area (TPSA) is 36.9 Å². The number of hydrogen-bond donors (Lipinski definition) is 0. The Morgan fingerprint density at radius 2 is 0.848 bits per heavy atom. The van der Waals surface area contributed by atoms with E-state index >= 15 is 0 Å². The van der Waals surface area contributed by atoms with Gasteiger partial charge in [0, 0.05) is 7.11 Å². The van der Waals surface area contributed by atoms with Crippen LogP contribution in [-0.2, 0) is 18.9 Å². The molecule has 33 heavy (non-hydrogen) atoms. The number of rotatable bonds is 16. The standard InChI is InChI=1S/C10H21O4.3C6H5.Sn/c1-3-4-12-7-8-14-10-9-13-6-5-11-2;3*1-2-4-6-5-3-1;/h1,3-10H2,2H3;3*1-5H;. The van der Waals surface area contributed by atoms with E-state index in [9.17, 15) is 0 Å². The van der Waals surface area contributed by atoms with Gasteiger partial charge >= 0.3 is 191 Å². The van der Waals surface area contributed by atoms with Gasteiger partial charge in [0.05, 0.1) is 0 Å². The summed E-state index contributed by atoms with van der Waals surface area (Å²) in [5, 5.41) is 0. The van der Waals surface area contributed by atoms with Crippen molar-refractivity contribution in [3.8, 4) is 0 Å². The van der Waals surface area contributed by atoms with E-state index in [1.807, 2.05) is 0 Å². The van der Waals surface area contributed by atoms with Crippen molar-refractivity contribution in [3.05, 3.63) is 91.0 Å². The molecule has 0 bridgehead atoms. The average Bonchev–Trinajstić information content (AvgIpc) is 2.89. The van der Waals surface area contributed by atoms with Crippen molar-refractivity contribution in [2.75, 3.05) is 53.4 Å². The van der Waals surface area contributed by atoms with Gasteiger partial charge in [0.25, 0.3) is 0 Å². The van der Waals surface area contributed by atoms with E-state index in [0.717, 1.165) is 13.0 Å². The van der Waals surface area contributed by atoms with Gasteiger partial charge in [0.2, 0.25) is 0 Å². The molecule has 0 radical (unpaired) electrons. The molecule has 0 atom stereocenters. The van der Waals surface area contributed by atoms with Crippen molar-refractivity contribution in [2.45, 2.75) is 10.9 Å². The van der Waals surface area contributed by atoms with Crippen LogP contribution in [0.2, 0.25) is 4.44 Å². The Labute approximate surface area is 202 Å². The first-order valence-electron chi connectivity index (χ1n) is 11.8. The van der Waals surface area contributed by atoms with Gasteiger partial charge in [-0.05, 0) is 0 Å². The van der Waals surface area contributed by atoms with Crippen molar-refractivity contribution in [2.24, 2.45) is 0 Å². The molecule has 0 fully saturated rings. The Morgan fingerprint density at radius 3 is 1.24 bits per heavy atom. The van der Waals surface area contributed by atoms with Crippen LogP contribution in [0.5, 0.6) is 0 Å². The third kappa shape index (κ3) is 7.93. The first-order valence-corrected chi connectivity index (χ1v) is 18.1. The second kappa shape index (κ2) is 15.2. The van der Waals surface area contributed by atoms with Crippen LogP contribution < -0.4 is 10.7 Å². The molecule has 3 aromatic rings. The Hall–Kier alpha value is -1.70. The van der Waals surface area contributed by atoms with E-state index in [0.29, 0.717) is 39.6 Å². The SMILES string of the molecule is COCCOCCOCCOCC[CH2][Sn]([c]1ccccc1)([c]1ccccc1)[c]1ccccc1. The molecule has 0 N–H and O–H groups in total. The van der Waals surface area contributed by atoms with Crippen LogP contribution in [-0.4, -0.2) is 71.7 Å². The van der Waals surface area contributed by atoms with E-state index in [-0.39, 0.29) is 0 Å². The molecule has 3 aromatic carbocycles. The van der Waals surface area contributed by atoms with Gasteiger partial charge < -0.3 is 4.74 Å². The summed E-state index contributed by atoms with van der Waals surface area (Å²) in [6, 6.07) is 33.4. The van der Waals surface area contributed by atoms with E-state index in [2.05, 4.69) is 91.0 Å². The van der Waals surface area contributed by atoms with Crippen molar-refractivity contribution in [1.29, 1.82) is 0 Å². The van der Waals surface area contributed by atoms with Gasteiger partial charge in [0.15, 0.2) is 0 Å². The van der Waals surface area contributed by atoms with Crippen LogP contribution in [0.3, 0.4) is 0 Å². The van der Waals surface area contributed by atoms with Gasteiger partial charge in [-0.3, -0.25) is 0 Å². The molecule has 0 saturated carbocycles. The molecule has 0 aliphatic carbocycles. The maximum atomic E-state index is 5.93. The molecule has 4 nitrogen and oxygen atoms in total. The molecular weight excluding hydrogens is 519 g/mol. The van der Waals surface area contributed by atoms with Crippen LogP contribution in [0.1, 0.15) is 6.42 Å². The quantitative estimate of drug-likeness (QED) is 0.201. The summed E-state index contributed by atoms with van der Waals surface area (Å²) in [6.07, 6.45) is 1.04. The first-order chi connectivity index (χ1) is 16.4. The minimum atomic E-state index is -3.15. The summed E-state index contributed by atoms with van der Waals surface area (Å²) in [5.41, 5.74) is 0. The number of methoxy groups -OCH3 is 1. The number of benzene rings is 3. The van der Waals surface area contributed by atoms with Crippen LogP contribution in [0.25, 0.3) is 0 Å². The summed E-state index contributed by atoms with van der Waals surface area (Å²) in [5.74, 6) is 0. The minimum absolute atomic E-state index is 0.586. The molecule has 0 unspecified atom stereocenters. The van der Waals surface area contributed by atoms with Crippen LogP contribution in [0, 0.1) is 0 Å². The monoisotopic (exact) mass is 556 g/mol. The van der Waals surface area contributed by atoms with E-state index in [1.54, 1.807) is 7.11 Å². The Morgan fingerprint density at radius 1 is 0.485 bits per heavy atom. The summed E-state index contributed by atoms with van der Waals surface area (Å²) in [6.45, 7) is 4.35. The van der Waals surface area contributed by atoms with Crippen LogP contribution >= 0.6 is 0 Å². The Kier molecular flexibility index (Phi) is 12.0. The van der Waals surface area contributed by atoms with Gasteiger partial charge in [-0.2, -0.15) is 0 Å².